The van der Waals surface area contributed by atoms with Crippen LogP contribution >= 0.6 is 11.3 Å². The van der Waals surface area contributed by atoms with Crippen molar-refractivity contribution in [3.05, 3.63) is 114 Å². The van der Waals surface area contributed by atoms with Crippen LogP contribution in [-0.4, -0.2) is 23.2 Å². The van der Waals surface area contributed by atoms with Crippen LogP contribution in [0.5, 0.6) is 0 Å². The van der Waals surface area contributed by atoms with Gasteiger partial charge in [-0.15, -0.1) is 23.8 Å². The van der Waals surface area contributed by atoms with Gasteiger partial charge in [0.1, 0.15) is 0 Å². The number of aryl methyl sites for hydroxylation is 2. The molecule has 0 unspecified atom stereocenters. The summed E-state index contributed by atoms with van der Waals surface area (Å²) in [5.41, 5.74) is 7.66. The first kappa shape index (κ1) is 29.9. The van der Waals surface area contributed by atoms with E-state index in [1.807, 2.05) is 50.2 Å². The Bertz CT molecular complexity index is 1840. The van der Waals surface area contributed by atoms with Crippen LogP contribution in [0.3, 0.4) is 0 Å². The van der Waals surface area contributed by atoms with Gasteiger partial charge < -0.3 is 4.98 Å². The molecule has 0 atom stereocenters. The van der Waals surface area contributed by atoms with E-state index in [-0.39, 0.29) is 20.1 Å². The van der Waals surface area contributed by atoms with Gasteiger partial charge in [-0.2, -0.15) is 11.3 Å². The van der Waals surface area contributed by atoms with Crippen LogP contribution in [0.25, 0.3) is 42.7 Å². The molecule has 3 heterocycles. The molecule has 1 radical (unpaired) electrons. The summed E-state index contributed by atoms with van der Waals surface area (Å²) in [4.78, 5) is 9.15. The Morgan fingerprint density at radius 2 is 1.59 bits per heavy atom. The van der Waals surface area contributed by atoms with Gasteiger partial charge in [-0.3, -0.25) is 0 Å². The summed E-state index contributed by atoms with van der Waals surface area (Å²) >= 11 is 0.0324. The third kappa shape index (κ3) is 6.89. The number of thiophene rings is 1. The second-order valence-electron chi connectivity index (χ2n) is 11.5. The van der Waals surface area contributed by atoms with Crippen molar-refractivity contribution >= 4 is 49.2 Å². The van der Waals surface area contributed by atoms with Gasteiger partial charge >= 0.3 is 106 Å². The predicted molar refractivity (Wildman–Crippen MR) is 176 cm³/mol. The summed E-state index contributed by atoms with van der Waals surface area (Å²) in [6.45, 7) is 8.15. The quantitative estimate of drug-likeness (QED) is 0.131. The van der Waals surface area contributed by atoms with Crippen LogP contribution < -0.4 is 4.40 Å². The fraction of sp³-hybridized carbons (Fsp3) is 0.222. The zero-order valence-electron chi connectivity index (χ0n) is 25.7. The largest absolute Gasteiger partial charge is 0.305 e. The molecule has 3 aromatic heterocycles. The Kier molecular flexibility index (Phi) is 9.56. The van der Waals surface area contributed by atoms with Gasteiger partial charge in [0.05, 0.1) is 0 Å². The molecule has 5 heteroatoms. The number of hydrogen-bond acceptors (Lipinski definition) is 3. The Labute approximate surface area is 266 Å². The second kappa shape index (κ2) is 13.1. The van der Waals surface area contributed by atoms with E-state index in [1.54, 1.807) is 17.5 Å². The SMILES string of the molecule is Cc1cc(-c2[c-]cccc2)nc[c]1[Ge]([CH3])([CH3])[CH3].[2H]C(C)(C)c1ccnc(-c2[c-]ccc3c2sc2c(C)cccc23)c1.[Ir]. The molecule has 0 amide bonds. The van der Waals surface area contributed by atoms with Crippen molar-refractivity contribution in [2.24, 2.45) is 0 Å². The van der Waals surface area contributed by atoms with Crippen molar-refractivity contribution in [3.8, 4) is 22.5 Å². The van der Waals surface area contributed by atoms with Gasteiger partial charge in [0.25, 0.3) is 0 Å². The van der Waals surface area contributed by atoms with Crippen molar-refractivity contribution in [3.63, 3.8) is 0 Å². The molecule has 0 spiro atoms. The molecule has 0 aliphatic carbocycles. The number of aromatic nitrogens is 2. The van der Waals surface area contributed by atoms with Crippen LogP contribution in [0, 0.1) is 26.0 Å². The first-order valence-electron chi connectivity index (χ1n) is 14.2. The smallest absolute Gasteiger partial charge is 0.0346 e. The fourth-order valence-electron chi connectivity index (χ4n) is 5.01. The third-order valence-corrected chi connectivity index (χ3v) is 13.0. The van der Waals surface area contributed by atoms with Crippen molar-refractivity contribution in [1.29, 1.82) is 0 Å². The molecule has 6 aromatic rings. The summed E-state index contributed by atoms with van der Waals surface area (Å²) in [7, 11) is 0. The van der Waals surface area contributed by atoms with E-state index in [1.165, 1.54) is 35.7 Å². The topological polar surface area (TPSA) is 25.8 Å². The minimum Gasteiger partial charge on any atom is -0.305 e. The molecule has 0 bridgehead atoms. The van der Waals surface area contributed by atoms with Crippen molar-refractivity contribution in [1.82, 2.24) is 9.97 Å². The van der Waals surface area contributed by atoms with Crippen LogP contribution in [0.2, 0.25) is 17.3 Å². The first-order valence-corrected chi connectivity index (χ1v) is 21.8. The molecule has 0 aliphatic rings. The summed E-state index contributed by atoms with van der Waals surface area (Å²) < 4.78 is 12.3. The van der Waals surface area contributed by atoms with E-state index in [0.717, 1.165) is 28.1 Å². The number of pyridine rings is 2. The van der Waals surface area contributed by atoms with Crippen LogP contribution in [-0.2, 0) is 20.1 Å². The molecular formula is C36H36GeIrN2S-2. The van der Waals surface area contributed by atoms with E-state index < -0.39 is 19.2 Å². The first-order chi connectivity index (χ1) is 19.4. The monoisotopic (exact) mass is 796 g/mol. The average molecular weight is 795 g/mol. The standard InChI is InChI=1S/C21H18NS.C15H18GeN.Ir/c1-13(2)15-10-11-22-19(12-15)18-9-5-8-17-16-7-4-6-14(3)20(16)23-21(17)18;1-12-10-15(13-8-6-5-7-9-13)17-11-14(12)16(2,3)4;/h4-8,10-13H,1-3H3;5-8,10-11H,1-4H3;/q2*-1;/i13D;;. The van der Waals surface area contributed by atoms with Gasteiger partial charge in [0.2, 0.25) is 0 Å². The minimum atomic E-state index is -1.77. The van der Waals surface area contributed by atoms with E-state index in [9.17, 15) is 0 Å². The maximum Gasteiger partial charge on any atom is 0.0346 e. The molecule has 3 aromatic carbocycles. The summed E-state index contributed by atoms with van der Waals surface area (Å²) in [5.74, 6) is 6.57. The Balaban J connectivity index is 0.000000200. The molecule has 2 nitrogen and oxygen atoms in total. The van der Waals surface area contributed by atoms with Crippen LogP contribution in [0.15, 0.2) is 85.2 Å². The van der Waals surface area contributed by atoms with Crippen molar-refractivity contribution < 1.29 is 21.5 Å². The summed E-state index contributed by atoms with van der Waals surface area (Å²) in [6, 6.07) is 31.3. The molecule has 0 saturated carbocycles. The van der Waals surface area contributed by atoms with Crippen LogP contribution in [0.4, 0.5) is 0 Å². The fourth-order valence-corrected chi connectivity index (χ4v) is 9.87. The number of benzene rings is 3. The molecular weight excluding hydrogens is 757 g/mol. The number of rotatable bonds is 4. The zero-order valence-corrected chi connectivity index (χ0v) is 30.0. The maximum absolute atomic E-state index is 8.28. The van der Waals surface area contributed by atoms with Gasteiger partial charge in [0.15, 0.2) is 0 Å². The Morgan fingerprint density at radius 1 is 0.805 bits per heavy atom. The van der Waals surface area contributed by atoms with E-state index >= 15 is 0 Å². The van der Waals surface area contributed by atoms with Gasteiger partial charge in [-0.05, 0) is 40.2 Å². The Hall–Kier alpha value is -2.63. The molecule has 0 N–H and O–H groups in total. The van der Waals surface area contributed by atoms with E-state index in [4.69, 9.17) is 1.37 Å². The van der Waals surface area contributed by atoms with Crippen molar-refractivity contribution in [2.45, 2.75) is 50.9 Å². The minimum absolute atomic E-state index is 0. The Morgan fingerprint density at radius 3 is 2.27 bits per heavy atom. The number of nitrogens with zero attached hydrogens (tertiary/aromatic N) is 2. The molecule has 0 aliphatic heterocycles. The normalized spacial score (nSPS) is 11.9. The van der Waals surface area contributed by atoms with Gasteiger partial charge in [0, 0.05) is 32.4 Å². The molecule has 0 fully saturated rings. The number of hydrogen-bond donors (Lipinski definition) is 0. The van der Waals surface area contributed by atoms with E-state index in [2.05, 4.69) is 95.8 Å². The predicted octanol–water partition coefficient (Wildman–Crippen LogP) is 9.75. The number of fused-ring (bicyclic) bond motifs is 3. The second-order valence-corrected chi connectivity index (χ2v) is 23.1. The molecule has 211 valence electrons. The van der Waals surface area contributed by atoms with Crippen LogP contribution in [0.1, 0.15) is 37.8 Å². The van der Waals surface area contributed by atoms with Gasteiger partial charge in [-0.25, -0.2) is 0 Å². The summed E-state index contributed by atoms with van der Waals surface area (Å²) in [5, 5.41) is 2.55. The molecule has 0 saturated heterocycles. The molecule has 6 rings (SSSR count). The van der Waals surface area contributed by atoms with Gasteiger partial charge in [-0.1, -0.05) is 49.1 Å². The zero-order chi connectivity index (χ0) is 29.4. The van der Waals surface area contributed by atoms with E-state index in [0.29, 0.717) is 0 Å². The summed E-state index contributed by atoms with van der Waals surface area (Å²) in [6.07, 6.45) is 3.87. The third-order valence-electron chi connectivity index (χ3n) is 7.15. The van der Waals surface area contributed by atoms with Crippen molar-refractivity contribution in [2.75, 3.05) is 0 Å². The maximum atomic E-state index is 8.28. The molecule has 41 heavy (non-hydrogen) atoms. The average Bonchev–Trinajstić information content (AvgIpc) is 3.33.